The number of hydrogen-bond acceptors (Lipinski definition) is 8. The Morgan fingerprint density at radius 2 is 1.63 bits per heavy atom. The average molecular weight is 483 g/mol. The van der Waals surface area contributed by atoms with Gasteiger partial charge in [0.1, 0.15) is 11.5 Å². The van der Waals surface area contributed by atoms with Crippen LogP contribution in [0, 0.1) is 0 Å². The number of hydrogen-bond donors (Lipinski definition) is 1. The number of ketones is 1. The summed E-state index contributed by atoms with van der Waals surface area (Å²) in [5.74, 6) is -0.495. The number of morpholine rings is 1. The predicted molar refractivity (Wildman–Crippen MR) is 129 cm³/mol. The molecule has 0 aliphatic carbocycles. The van der Waals surface area contributed by atoms with Crippen molar-refractivity contribution in [1.82, 2.24) is 9.80 Å². The fourth-order valence-electron chi connectivity index (χ4n) is 4.62. The third kappa shape index (κ3) is 4.69. The summed E-state index contributed by atoms with van der Waals surface area (Å²) >= 11 is 0. The van der Waals surface area contributed by atoms with Crippen LogP contribution in [0.1, 0.15) is 17.2 Å². The van der Waals surface area contributed by atoms with Crippen LogP contribution in [0.25, 0.3) is 5.76 Å². The van der Waals surface area contributed by atoms with Crippen LogP contribution >= 0.6 is 0 Å². The van der Waals surface area contributed by atoms with E-state index in [2.05, 4.69) is 4.90 Å². The van der Waals surface area contributed by atoms with Crippen molar-refractivity contribution in [2.45, 2.75) is 6.04 Å². The monoisotopic (exact) mass is 482 g/mol. The van der Waals surface area contributed by atoms with Crippen molar-refractivity contribution in [2.75, 3.05) is 60.7 Å². The van der Waals surface area contributed by atoms with Crippen LogP contribution in [0.5, 0.6) is 17.2 Å². The van der Waals surface area contributed by atoms with E-state index in [1.54, 1.807) is 42.5 Å². The van der Waals surface area contributed by atoms with Crippen LogP contribution in [0.4, 0.5) is 0 Å². The van der Waals surface area contributed by atoms with Crippen molar-refractivity contribution in [3.8, 4) is 17.2 Å². The number of rotatable bonds is 8. The van der Waals surface area contributed by atoms with Crippen LogP contribution in [0.2, 0.25) is 0 Å². The minimum atomic E-state index is -0.869. The highest BCUT2D eigenvalue weighted by Gasteiger charge is 2.47. The summed E-state index contributed by atoms with van der Waals surface area (Å²) in [7, 11) is 4.50. The predicted octanol–water partition coefficient (Wildman–Crippen LogP) is 2.47. The lowest BCUT2D eigenvalue weighted by atomic mass is 9.94. The third-order valence-corrected chi connectivity index (χ3v) is 6.39. The molecule has 0 saturated carbocycles. The number of aliphatic hydroxyl groups is 1. The summed E-state index contributed by atoms with van der Waals surface area (Å²) in [6.45, 7) is 3.60. The Balaban J connectivity index is 1.85. The van der Waals surface area contributed by atoms with Gasteiger partial charge in [0.2, 0.25) is 0 Å². The fourth-order valence-corrected chi connectivity index (χ4v) is 4.62. The van der Waals surface area contributed by atoms with Crippen LogP contribution in [0.3, 0.4) is 0 Å². The molecule has 1 amide bonds. The molecule has 9 nitrogen and oxygen atoms in total. The third-order valence-electron chi connectivity index (χ3n) is 6.39. The van der Waals surface area contributed by atoms with Crippen LogP contribution in [0.15, 0.2) is 48.0 Å². The Labute approximate surface area is 204 Å². The first-order valence-corrected chi connectivity index (χ1v) is 11.4. The van der Waals surface area contributed by atoms with Crippen LogP contribution in [-0.2, 0) is 14.3 Å². The molecule has 35 heavy (non-hydrogen) atoms. The zero-order valence-electron chi connectivity index (χ0n) is 20.2. The van der Waals surface area contributed by atoms with Crippen LogP contribution < -0.4 is 14.2 Å². The van der Waals surface area contributed by atoms with E-state index in [1.807, 2.05) is 0 Å². The normalized spacial score (nSPS) is 20.2. The summed E-state index contributed by atoms with van der Waals surface area (Å²) in [4.78, 5) is 30.3. The van der Waals surface area contributed by atoms with Gasteiger partial charge in [-0.3, -0.25) is 14.5 Å². The molecule has 1 atom stereocenters. The highest BCUT2D eigenvalue weighted by atomic mass is 16.5. The second-order valence-corrected chi connectivity index (χ2v) is 8.23. The van der Waals surface area contributed by atoms with Crippen molar-refractivity contribution in [3.63, 3.8) is 0 Å². The summed E-state index contributed by atoms with van der Waals surface area (Å²) < 4.78 is 21.9. The van der Waals surface area contributed by atoms with Gasteiger partial charge in [-0.2, -0.15) is 0 Å². The molecule has 1 unspecified atom stereocenters. The Bertz CT molecular complexity index is 1120. The molecule has 2 heterocycles. The first kappa shape index (κ1) is 24.6. The highest BCUT2D eigenvalue weighted by Crippen LogP contribution is 2.46. The van der Waals surface area contributed by atoms with Gasteiger partial charge >= 0.3 is 0 Å². The highest BCUT2D eigenvalue weighted by molar-refractivity contribution is 6.46. The first-order chi connectivity index (χ1) is 17.0. The summed E-state index contributed by atoms with van der Waals surface area (Å²) in [6, 6.07) is 11.2. The van der Waals surface area contributed by atoms with E-state index in [0.717, 1.165) is 13.1 Å². The Morgan fingerprint density at radius 3 is 2.31 bits per heavy atom. The number of aliphatic hydroxyl groups excluding tert-OH is 1. The van der Waals surface area contributed by atoms with Crippen LogP contribution in [-0.4, -0.2) is 87.3 Å². The van der Waals surface area contributed by atoms with Gasteiger partial charge in [0, 0.05) is 31.7 Å². The molecule has 2 aliphatic rings. The maximum Gasteiger partial charge on any atom is 0.295 e. The lowest BCUT2D eigenvalue weighted by Crippen LogP contribution is -2.42. The molecular formula is C26H30N2O7. The van der Waals surface area contributed by atoms with E-state index >= 15 is 0 Å². The van der Waals surface area contributed by atoms with Gasteiger partial charge < -0.3 is 29.0 Å². The standard InChI is InChI=1S/C26H30N2O7/c1-32-19-9-5-4-7-17(19)23(29)21-22(18-8-6-10-20(33-2)25(18)34-3)28(26(31)24(21)30)12-11-27-13-15-35-16-14-27/h4-10,22,29H,11-16H2,1-3H3/b23-21+. The number of benzene rings is 2. The number of para-hydroxylation sites is 2. The Hall–Kier alpha value is -3.56. The minimum absolute atomic E-state index is 0.0203. The van der Waals surface area contributed by atoms with Gasteiger partial charge in [-0.05, 0) is 18.2 Å². The van der Waals surface area contributed by atoms with E-state index in [4.69, 9.17) is 18.9 Å². The topological polar surface area (TPSA) is 97.8 Å². The molecule has 0 aromatic heterocycles. The largest absolute Gasteiger partial charge is 0.507 e. The number of methoxy groups -OCH3 is 3. The van der Waals surface area contributed by atoms with Gasteiger partial charge in [-0.15, -0.1) is 0 Å². The first-order valence-electron chi connectivity index (χ1n) is 11.4. The van der Waals surface area contributed by atoms with E-state index in [9.17, 15) is 14.7 Å². The molecule has 186 valence electrons. The van der Waals surface area contributed by atoms with E-state index < -0.39 is 17.7 Å². The summed E-state index contributed by atoms with van der Waals surface area (Å²) in [5.41, 5.74) is 0.852. The molecule has 0 spiro atoms. The molecule has 4 rings (SSSR count). The smallest absolute Gasteiger partial charge is 0.295 e. The molecule has 9 heteroatoms. The van der Waals surface area contributed by atoms with Gasteiger partial charge in [-0.1, -0.05) is 24.3 Å². The Kier molecular flexibility index (Phi) is 7.57. The average Bonchev–Trinajstić information content (AvgIpc) is 3.16. The summed E-state index contributed by atoms with van der Waals surface area (Å²) in [5, 5.41) is 11.4. The minimum Gasteiger partial charge on any atom is -0.507 e. The van der Waals surface area contributed by atoms with Crippen molar-refractivity contribution in [1.29, 1.82) is 0 Å². The van der Waals surface area contributed by atoms with E-state index in [-0.39, 0.29) is 17.9 Å². The molecule has 2 aromatic rings. The number of Topliss-reactive ketones (excluding diaryl/α,β-unsaturated/α-hetero) is 1. The zero-order valence-corrected chi connectivity index (χ0v) is 20.2. The van der Waals surface area contributed by atoms with E-state index in [1.165, 1.54) is 26.2 Å². The number of ether oxygens (including phenoxy) is 4. The second kappa shape index (κ2) is 10.8. The van der Waals surface area contributed by atoms with Gasteiger partial charge in [0.15, 0.2) is 11.5 Å². The summed E-state index contributed by atoms with van der Waals surface area (Å²) in [6.07, 6.45) is 0. The molecular weight excluding hydrogens is 452 g/mol. The van der Waals surface area contributed by atoms with E-state index in [0.29, 0.717) is 48.1 Å². The van der Waals surface area contributed by atoms with Crippen molar-refractivity contribution < 1.29 is 33.6 Å². The number of carbonyl (C=O) groups excluding carboxylic acids is 2. The Morgan fingerprint density at radius 1 is 0.943 bits per heavy atom. The number of amides is 1. The number of likely N-dealkylation sites (tertiary alicyclic amines) is 1. The zero-order chi connectivity index (χ0) is 24.9. The van der Waals surface area contributed by atoms with Gasteiger partial charge in [-0.25, -0.2) is 0 Å². The molecule has 2 aromatic carbocycles. The second-order valence-electron chi connectivity index (χ2n) is 8.23. The SMILES string of the molecule is COc1ccccc1/C(O)=C1\C(=O)C(=O)N(CCN2CCOCC2)C1c1cccc(OC)c1OC. The number of carbonyl (C=O) groups is 2. The maximum absolute atomic E-state index is 13.4. The lowest BCUT2D eigenvalue weighted by molar-refractivity contribution is -0.140. The lowest BCUT2D eigenvalue weighted by Gasteiger charge is -2.31. The number of nitrogens with zero attached hydrogens (tertiary/aromatic N) is 2. The maximum atomic E-state index is 13.4. The van der Waals surface area contributed by atoms with Crippen molar-refractivity contribution in [3.05, 3.63) is 59.2 Å². The quantitative estimate of drug-likeness (QED) is 0.348. The molecule has 1 N–H and O–H groups in total. The molecule has 0 bridgehead atoms. The molecule has 2 saturated heterocycles. The molecule has 2 fully saturated rings. The van der Waals surface area contributed by atoms with Crippen molar-refractivity contribution in [2.24, 2.45) is 0 Å². The van der Waals surface area contributed by atoms with Gasteiger partial charge in [0.25, 0.3) is 11.7 Å². The molecule has 2 aliphatic heterocycles. The fraction of sp³-hybridized carbons (Fsp3) is 0.385. The van der Waals surface area contributed by atoms with Gasteiger partial charge in [0.05, 0.1) is 51.7 Å². The molecule has 0 radical (unpaired) electrons. The van der Waals surface area contributed by atoms with Crippen molar-refractivity contribution >= 4 is 17.4 Å².